The number of piperidine rings is 1. The van der Waals surface area contributed by atoms with Gasteiger partial charge in [0.15, 0.2) is 0 Å². The van der Waals surface area contributed by atoms with Gasteiger partial charge in [-0.05, 0) is 18.4 Å². The van der Waals surface area contributed by atoms with Gasteiger partial charge in [0.2, 0.25) is 11.8 Å². The van der Waals surface area contributed by atoms with Crippen molar-refractivity contribution in [3.8, 4) is 0 Å². The Balaban J connectivity index is 2.39. The highest BCUT2D eigenvalue weighted by Crippen LogP contribution is 2.36. The topological polar surface area (TPSA) is 46.2 Å². The molecule has 3 heteroatoms. The molecule has 1 aliphatic rings. The number of amides is 2. The van der Waals surface area contributed by atoms with Gasteiger partial charge in [-0.3, -0.25) is 14.9 Å². The van der Waals surface area contributed by atoms with Gasteiger partial charge in [0, 0.05) is 6.42 Å². The number of hydrogen-bond acceptors (Lipinski definition) is 2. The highest BCUT2D eigenvalue weighted by atomic mass is 16.2. The third-order valence-corrected chi connectivity index (χ3v) is 3.47. The molecule has 1 aromatic carbocycles. The first kappa shape index (κ1) is 11.8. The van der Waals surface area contributed by atoms with E-state index in [2.05, 4.69) is 12.2 Å². The van der Waals surface area contributed by atoms with Crippen LogP contribution in [0.3, 0.4) is 0 Å². The molecule has 17 heavy (non-hydrogen) atoms. The summed E-state index contributed by atoms with van der Waals surface area (Å²) in [6, 6.07) is 9.78. The number of nitrogens with one attached hydrogen (secondary N) is 1. The van der Waals surface area contributed by atoms with Crippen LogP contribution in [0.25, 0.3) is 0 Å². The molecule has 0 aliphatic carbocycles. The lowest BCUT2D eigenvalue weighted by atomic mass is 9.71. The van der Waals surface area contributed by atoms with Crippen molar-refractivity contribution in [2.75, 3.05) is 0 Å². The lowest BCUT2D eigenvalue weighted by Crippen LogP contribution is -2.51. The zero-order chi connectivity index (χ0) is 12.3. The van der Waals surface area contributed by atoms with Crippen molar-refractivity contribution in [2.45, 2.75) is 38.0 Å². The van der Waals surface area contributed by atoms with E-state index in [1.54, 1.807) is 0 Å². The van der Waals surface area contributed by atoms with Gasteiger partial charge >= 0.3 is 0 Å². The number of rotatable bonds is 3. The molecule has 1 aromatic rings. The van der Waals surface area contributed by atoms with Crippen LogP contribution in [-0.4, -0.2) is 11.8 Å². The van der Waals surface area contributed by atoms with Gasteiger partial charge in [-0.25, -0.2) is 0 Å². The summed E-state index contributed by atoms with van der Waals surface area (Å²) in [4.78, 5) is 23.4. The zero-order valence-corrected chi connectivity index (χ0v) is 10.0. The Kier molecular flexibility index (Phi) is 3.27. The molecule has 1 heterocycles. The molecule has 3 nitrogen and oxygen atoms in total. The minimum absolute atomic E-state index is 0.137. The molecule has 90 valence electrons. The summed E-state index contributed by atoms with van der Waals surface area (Å²) in [5.74, 6) is -0.292. The molecule has 2 rings (SSSR count). The largest absolute Gasteiger partial charge is 0.296 e. The molecule has 0 saturated carbocycles. The normalized spacial score (nSPS) is 24.5. The van der Waals surface area contributed by atoms with Gasteiger partial charge in [0.05, 0.1) is 5.41 Å². The van der Waals surface area contributed by atoms with Crippen molar-refractivity contribution in [1.82, 2.24) is 5.32 Å². The van der Waals surface area contributed by atoms with E-state index in [9.17, 15) is 9.59 Å². The van der Waals surface area contributed by atoms with E-state index in [4.69, 9.17) is 0 Å². The van der Waals surface area contributed by atoms with Crippen LogP contribution in [0.4, 0.5) is 0 Å². The minimum atomic E-state index is -0.510. The van der Waals surface area contributed by atoms with Gasteiger partial charge in [0.25, 0.3) is 0 Å². The Labute approximate surface area is 101 Å². The summed E-state index contributed by atoms with van der Waals surface area (Å²) < 4.78 is 0. The monoisotopic (exact) mass is 231 g/mol. The van der Waals surface area contributed by atoms with Crippen LogP contribution in [0.1, 0.15) is 38.2 Å². The summed E-state index contributed by atoms with van der Waals surface area (Å²) >= 11 is 0. The van der Waals surface area contributed by atoms with Crippen LogP contribution in [-0.2, 0) is 15.0 Å². The van der Waals surface area contributed by atoms with Gasteiger partial charge in [-0.15, -0.1) is 0 Å². The summed E-state index contributed by atoms with van der Waals surface area (Å²) in [5.41, 5.74) is 0.510. The van der Waals surface area contributed by atoms with E-state index in [1.807, 2.05) is 30.3 Å². The molecule has 1 unspecified atom stereocenters. The molecule has 1 fully saturated rings. The molecule has 1 atom stereocenters. The van der Waals surface area contributed by atoms with E-state index in [0.29, 0.717) is 12.8 Å². The Morgan fingerprint density at radius 1 is 1.24 bits per heavy atom. The second-order valence-electron chi connectivity index (χ2n) is 4.58. The Morgan fingerprint density at radius 3 is 2.53 bits per heavy atom. The molecular formula is C14H17NO2. The highest BCUT2D eigenvalue weighted by Gasteiger charge is 2.43. The lowest BCUT2D eigenvalue weighted by molar-refractivity contribution is -0.138. The number of hydrogen-bond donors (Lipinski definition) is 1. The summed E-state index contributed by atoms with van der Waals surface area (Å²) in [6.45, 7) is 2.06. The third-order valence-electron chi connectivity index (χ3n) is 3.47. The molecule has 2 amide bonds. The first-order chi connectivity index (χ1) is 8.19. The number of benzene rings is 1. The maximum absolute atomic E-state index is 12.2. The molecule has 0 bridgehead atoms. The molecule has 0 aromatic heterocycles. The van der Waals surface area contributed by atoms with Crippen molar-refractivity contribution in [2.24, 2.45) is 0 Å². The Bertz CT molecular complexity index is 427. The van der Waals surface area contributed by atoms with Crippen LogP contribution in [0.2, 0.25) is 0 Å². The van der Waals surface area contributed by atoms with Crippen molar-refractivity contribution < 1.29 is 9.59 Å². The van der Waals surface area contributed by atoms with Crippen LogP contribution in [0.5, 0.6) is 0 Å². The van der Waals surface area contributed by atoms with E-state index in [1.165, 1.54) is 0 Å². The zero-order valence-electron chi connectivity index (χ0n) is 10.0. The minimum Gasteiger partial charge on any atom is -0.296 e. The van der Waals surface area contributed by atoms with Gasteiger partial charge < -0.3 is 0 Å². The van der Waals surface area contributed by atoms with E-state index in [0.717, 1.165) is 18.4 Å². The fourth-order valence-electron chi connectivity index (χ4n) is 2.59. The number of carbonyl (C=O) groups is 2. The Morgan fingerprint density at radius 2 is 1.94 bits per heavy atom. The van der Waals surface area contributed by atoms with Gasteiger partial charge in [-0.2, -0.15) is 0 Å². The first-order valence-corrected chi connectivity index (χ1v) is 6.09. The predicted octanol–water partition coefficient (Wildman–Crippen LogP) is 2.16. The maximum atomic E-state index is 12.2. The highest BCUT2D eigenvalue weighted by molar-refractivity contribution is 6.03. The SMILES string of the molecule is CCCC1(c2ccccc2)CCC(=O)NC1=O. The average molecular weight is 231 g/mol. The van der Waals surface area contributed by atoms with E-state index < -0.39 is 5.41 Å². The average Bonchev–Trinajstić information content (AvgIpc) is 2.34. The molecule has 1 aliphatic heterocycles. The van der Waals surface area contributed by atoms with Crippen LogP contribution < -0.4 is 5.32 Å². The molecule has 0 spiro atoms. The van der Waals surface area contributed by atoms with Crippen LogP contribution in [0, 0.1) is 0 Å². The van der Waals surface area contributed by atoms with Crippen LogP contribution >= 0.6 is 0 Å². The van der Waals surface area contributed by atoms with E-state index in [-0.39, 0.29) is 11.8 Å². The summed E-state index contributed by atoms with van der Waals surface area (Å²) in [5, 5.41) is 2.48. The van der Waals surface area contributed by atoms with Crippen molar-refractivity contribution >= 4 is 11.8 Å². The summed E-state index contributed by atoms with van der Waals surface area (Å²) in [7, 11) is 0. The second-order valence-corrected chi connectivity index (χ2v) is 4.58. The predicted molar refractivity (Wildman–Crippen MR) is 65.4 cm³/mol. The number of carbonyl (C=O) groups excluding carboxylic acids is 2. The van der Waals surface area contributed by atoms with Crippen molar-refractivity contribution in [3.63, 3.8) is 0 Å². The van der Waals surface area contributed by atoms with Gasteiger partial charge in [-0.1, -0.05) is 43.7 Å². The van der Waals surface area contributed by atoms with Crippen molar-refractivity contribution in [3.05, 3.63) is 35.9 Å². The Hall–Kier alpha value is -1.64. The van der Waals surface area contributed by atoms with Crippen molar-refractivity contribution in [1.29, 1.82) is 0 Å². The molecular weight excluding hydrogens is 214 g/mol. The molecule has 1 saturated heterocycles. The van der Waals surface area contributed by atoms with Gasteiger partial charge in [0.1, 0.15) is 0 Å². The standard InChI is InChI=1S/C14H17NO2/c1-2-9-14(11-6-4-3-5-7-11)10-8-12(16)15-13(14)17/h3-7H,2,8-10H2,1H3,(H,15,16,17). The third kappa shape index (κ3) is 2.09. The maximum Gasteiger partial charge on any atom is 0.237 e. The smallest absolute Gasteiger partial charge is 0.237 e. The van der Waals surface area contributed by atoms with Crippen LogP contribution in [0.15, 0.2) is 30.3 Å². The summed E-state index contributed by atoms with van der Waals surface area (Å²) in [6.07, 6.45) is 2.77. The molecule has 0 radical (unpaired) electrons. The fourth-order valence-corrected chi connectivity index (χ4v) is 2.59. The fraction of sp³-hybridized carbons (Fsp3) is 0.429. The molecule has 1 N–H and O–H groups in total. The second kappa shape index (κ2) is 4.70. The number of imide groups is 1. The lowest BCUT2D eigenvalue weighted by Gasteiger charge is -2.35. The van der Waals surface area contributed by atoms with E-state index >= 15 is 0 Å². The first-order valence-electron chi connectivity index (χ1n) is 6.09. The quantitative estimate of drug-likeness (QED) is 0.810.